The third-order valence-electron chi connectivity index (χ3n) is 3.07. The Morgan fingerprint density at radius 3 is 1.50 bits per heavy atom. The van der Waals surface area contributed by atoms with Gasteiger partial charge in [0.15, 0.2) is 0 Å². The van der Waals surface area contributed by atoms with E-state index in [0.29, 0.717) is 12.0 Å². The maximum Gasteiger partial charge on any atom is 0.0518 e. The Balaban J connectivity index is 0. The summed E-state index contributed by atoms with van der Waals surface area (Å²) in [7, 11) is 0. The van der Waals surface area contributed by atoms with Crippen molar-refractivity contribution in [3.05, 3.63) is 0 Å². The van der Waals surface area contributed by atoms with Gasteiger partial charge in [-0.25, -0.2) is 0 Å². The molecule has 0 radical (unpaired) electrons. The Morgan fingerprint density at radius 1 is 0.938 bits per heavy atom. The lowest BCUT2D eigenvalue weighted by atomic mass is 9.84. The fourth-order valence-electron chi connectivity index (χ4n) is 1.81. The van der Waals surface area contributed by atoms with Gasteiger partial charge in [0.25, 0.3) is 0 Å². The molecule has 1 heteroatoms. The summed E-state index contributed by atoms with van der Waals surface area (Å²) in [5, 5.41) is 0. The van der Waals surface area contributed by atoms with Crippen LogP contribution in [0.1, 0.15) is 68.7 Å². The van der Waals surface area contributed by atoms with E-state index >= 15 is 0 Å². The maximum absolute atomic E-state index is 5.30. The molecule has 0 atom stereocenters. The molecule has 1 nitrogen and oxygen atoms in total. The lowest BCUT2D eigenvalue weighted by Gasteiger charge is -2.22. The minimum Gasteiger partial charge on any atom is -0.379 e. The normalized spacial score (nSPS) is 25.5. The Labute approximate surface area is 104 Å². The second-order valence-corrected chi connectivity index (χ2v) is 6.14. The zero-order valence-corrected chi connectivity index (χ0v) is 12.3. The molecule has 16 heavy (non-hydrogen) atoms. The van der Waals surface area contributed by atoms with Crippen molar-refractivity contribution in [3.8, 4) is 0 Å². The molecule has 0 aromatic carbocycles. The standard InChI is InChI=1S/C8H16.C7H16O.H2/c1-7-3-5-8(2)6-4-7;1-6(2)5-8-7(3)4;/h7-8H,3-6H2,1-2H3;6-7H,5H2,1-4H3;1H. The largest absolute Gasteiger partial charge is 0.379 e. The van der Waals surface area contributed by atoms with Gasteiger partial charge in [-0.2, -0.15) is 0 Å². The summed E-state index contributed by atoms with van der Waals surface area (Å²) in [6, 6.07) is 0. The second kappa shape index (κ2) is 9.04. The summed E-state index contributed by atoms with van der Waals surface area (Å²) in [6.45, 7) is 14.0. The highest BCUT2D eigenvalue weighted by atomic mass is 16.5. The van der Waals surface area contributed by atoms with Gasteiger partial charge in [-0.15, -0.1) is 0 Å². The van der Waals surface area contributed by atoms with Crippen LogP contribution in [0.5, 0.6) is 0 Å². The van der Waals surface area contributed by atoms with Crippen LogP contribution in [0, 0.1) is 17.8 Å². The Bertz CT molecular complexity index is 131. The average molecular weight is 230 g/mol. The van der Waals surface area contributed by atoms with Crippen LogP contribution in [0.25, 0.3) is 0 Å². The molecule has 0 heterocycles. The van der Waals surface area contributed by atoms with Gasteiger partial charge >= 0.3 is 0 Å². The van der Waals surface area contributed by atoms with Gasteiger partial charge in [-0.05, 0) is 31.6 Å². The molecule has 0 amide bonds. The maximum atomic E-state index is 5.30. The van der Waals surface area contributed by atoms with Crippen molar-refractivity contribution in [3.63, 3.8) is 0 Å². The second-order valence-electron chi connectivity index (χ2n) is 6.14. The molecule has 0 aliphatic heterocycles. The predicted molar refractivity (Wildman–Crippen MR) is 74.8 cm³/mol. The van der Waals surface area contributed by atoms with Crippen LogP contribution < -0.4 is 0 Å². The fraction of sp³-hybridized carbons (Fsp3) is 1.00. The molecule has 0 saturated heterocycles. The van der Waals surface area contributed by atoms with Crippen LogP contribution in [0.4, 0.5) is 0 Å². The zero-order chi connectivity index (χ0) is 12.6. The van der Waals surface area contributed by atoms with E-state index in [2.05, 4.69) is 41.5 Å². The van der Waals surface area contributed by atoms with Crippen molar-refractivity contribution >= 4 is 0 Å². The number of ether oxygens (including phenoxy) is 1. The summed E-state index contributed by atoms with van der Waals surface area (Å²) in [5.41, 5.74) is 0. The molecule has 1 rings (SSSR count). The molecule has 0 aromatic rings. The molecule has 0 aromatic heterocycles. The minimum absolute atomic E-state index is 0. The van der Waals surface area contributed by atoms with Gasteiger partial charge in [0.05, 0.1) is 6.10 Å². The summed E-state index contributed by atoms with van der Waals surface area (Å²) in [4.78, 5) is 0. The lowest BCUT2D eigenvalue weighted by molar-refractivity contribution is 0.0593. The molecule has 1 fully saturated rings. The van der Waals surface area contributed by atoms with Gasteiger partial charge in [0.1, 0.15) is 0 Å². The summed E-state index contributed by atoms with van der Waals surface area (Å²) in [5.74, 6) is 2.70. The van der Waals surface area contributed by atoms with Gasteiger partial charge in [-0.3, -0.25) is 0 Å². The molecule has 1 saturated carbocycles. The number of hydrogen-bond acceptors (Lipinski definition) is 1. The average Bonchev–Trinajstić information content (AvgIpc) is 2.20. The smallest absolute Gasteiger partial charge is 0.0518 e. The number of hydrogen-bond donors (Lipinski definition) is 0. The summed E-state index contributed by atoms with van der Waals surface area (Å²) >= 11 is 0. The third-order valence-corrected chi connectivity index (χ3v) is 3.07. The van der Waals surface area contributed by atoms with Crippen LogP contribution in [-0.4, -0.2) is 12.7 Å². The van der Waals surface area contributed by atoms with Crippen molar-refractivity contribution in [1.29, 1.82) is 0 Å². The summed E-state index contributed by atoms with van der Waals surface area (Å²) < 4.78 is 5.30. The highest BCUT2D eigenvalue weighted by Crippen LogP contribution is 2.27. The van der Waals surface area contributed by atoms with E-state index in [1.54, 1.807) is 0 Å². The third kappa shape index (κ3) is 10.5. The molecule has 1 aliphatic rings. The molecule has 1 aliphatic carbocycles. The van der Waals surface area contributed by atoms with E-state index in [9.17, 15) is 0 Å². The molecule has 0 spiro atoms. The van der Waals surface area contributed by atoms with E-state index in [1.807, 2.05) is 0 Å². The van der Waals surface area contributed by atoms with Gasteiger partial charge in [-0.1, -0.05) is 53.4 Å². The number of rotatable bonds is 3. The van der Waals surface area contributed by atoms with Gasteiger partial charge in [0.2, 0.25) is 0 Å². The molecule has 0 unspecified atom stereocenters. The predicted octanol–water partition coefficient (Wildman–Crippen LogP) is 5.15. The zero-order valence-electron chi connectivity index (χ0n) is 12.3. The van der Waals surface area contributed by atoms with E-state index in [4.69, 9.17) is 4.74 Å². The molecular formula is C15H34O. The van der Waals surface area contributed by atoms with E-state index < -0.39 is 0 Å². The van der Waals surface area contributed by atoms with Crippen LogP contribution in [-0.2, 0) is 4.74 Å². The van der Waals surface area contributed by atoms with E-state index in [-0.39, 0.29) is 1.43 Å². The van der Waals surface area contributed by atoms with Crippen LogP contribution in [0.3, 0.4) is 0 Å². The Kier molecular flexibility index (Phi) is 9.02. The quantitative estimate of drug-likeness (QED) is 0.652. The lowest BCUT2D eigenvalue weighted by Crippen LogP contribution is -2.08. The highest BCUT2D eigenvalue weighted by Gasteiger charge is 2.13. The topological polar surface area (TPSA) is 9.23 Å². The monoisotopic (exact) mass is 230 g/mol. The first kappa shape index (κ1) is 16.0. The van der Waals surface area contributed by atoms with Crippen molar-refractivity contribution in [2.24, 2.45) is 17.8 Å². The van der Waals surface area contributed by atoms with Gasteiger partial charge in [0, 0.05) is 8.03 Å². The van der Waals surface area contributed by atoms with Crippen LogP contribution >= 0.6 is 0 Å². The van der Waals surface area contributed by atoms with E-state index in [0.717, 1.165) is 18.4 Å². The highest BCUT2D eigenvalue weighted by molar-refractivity contribution is 4.65. The molecule has 100 valence electrons. The first-order chi connectivity index (χ1) is 7.41. The van der Waals surface area contributed by atoms with Crippen LogP contribution in [0.15, 0.2) is 0 Å². The summed E-state index contributed by atoms with van der Waals surface area (Å²) in [6.07, 6.45) is 6.28. The fourth-order valence-corrected chi connectivity index (χ4v) is 1.81. The van der Waals surface area contributed by atoms with Crippen LogP contribution in [0.2, 0.25) is 0 Å². The SMILES string of the molecule is CC(C)COC(C)C.CC1CCC(C)CC1.[HH]. The Morgan fingerprint density at radius 2 is 1.31 bits per heavy atom. The minimum atomic E-state index is 0. The molecule has 0 bridgehead atoms. The first-order valence-electron chi connectivity index (χ1n) is 7.03. The molecular weight excluding hydrogens is 196 g/mol. The van der Waals surface area contributed by atoms with Crippen molar-refractivity contribution in [2.75, 3.05) is 6.61 Å². The first-order valence-corrected chi connectivity index (χ1v) is 7.03. The molecule has 0 N–H and O–H groups in total. The van der Waals surface area contributed by atoms with Gasteiger partial charge < -0.3 is 4.74 Å². The van der Waals surface area contributed by atoms with E-state index in [1.165, 1.54) is 25.7 Å². The van der Waals surface area contributed by atoms with Crippen molar-refractivity contribution in [2.45, 2.75) is 73.3 Å². The van der Waals surface area contributed by atoms with Crippen molar-refractivity contribution < 1.29 is 6.16 Å². The van der Waals surface area contributed by atoms with Crippen molar-refractivity contribution in [1.82, 2.24) is 0 Å². The Hall–Kier alpha value is -0.0400.